The third-order valence-corrected chi connectivity index (χ3v) is 15.6. The van der Waals surface area contributed by atoms with Crippen LogP contribution in [0.3, 0.4) is 0 Å². The van der Waals surface area contributed by atoms with Crippen LogP contribution >= 0.6 is 0 Å². The van der Waals surface area contributed by atoms with Crippen LogP contribution in [0.5, 0.6) is 0 Å². The van der Waals surface area contributed by atoms with Crippen LogP contribution in [0.1, 0.15) is 132 Å². The number of carbonyl (C=O) groups excluding carboxylic acids is 8. The van der Waals surface area contributed by atoms with Crippen LogP contribution in [0, 0.1) is 29.6 Å². The van der Waals surface area contributed by atoms with E-state index in [-0.39, 0.29) is 68.9 Å². The zero-order valence-corrected chi connectivity index (χ0v) is 47.9. The van der Waals surface area contributed by atoms with Crippen LogP contribution in [-0.4, -0.2) is 141 Å². The maximum Gasteiger partial charge on any atom is 0.326 e. The third-order valence-electron chi connectivity index (χ3n) is 15.6. The summed E-state index contributed by atoms with van der Waals surface area (Å²) >= 11 is 0. The van der Waals surface area contributed by atoms with Crippen molar-refractivity contribution < 1.29 is 48.3 Å². The first-order valence-corrected chi connectivity index (χ1v) is 28.5. The van der Waals surface area contributed by atoms with E-state index in [0.29, 0.717) is 43.2 Å². The lowest BCUT2D eigenvalue weighted by molar-refractivity contribution is -0.148. The van der Waals surface area contributed by atoms with Gasteiger partial charge in [0, 0.05) is 43.0 Å². The van der Waals surface area contributed by atoms with Crippen LogP contribution < -0.4 is 37.6 Å². The Bertz CT molecular complexity index is 2590. The van der Waals surface area contributed by atoms with Gasteiger partial charge in [-0.25, -0.2) is 4.79 Å². The van der Waals surface area contributed by atoms with Crippen LogP contribution in [0.2, 0.25) is 0 Å². The average molecular weight is 1100 g/mol. The molecule has 5 rings (SSSR count). The highest BCUT2D eigenvalue weighted by molar-refractivity contribution is 5.99. The van der Waals surface area contributed by atoms with Gasteiger partial charge in [-0.05, 0) is 85.3 Å². The molecule has 2 saturated heterocycles. The molecule has 0 unspecified atom stereocenters. The number of carboxylic acids is 1. The summed E-state index contributed by atoms with van der Waals surface area (Å²) in [6, 6.07) is 6.78. The minimum absolute atomic E-state index is 0.00987. The van der Waals surface area contributed by atoms with Gasteiger partial charge in [0.25, 0.3) is 0 Å². The molecule has 20 heteroatoms. The average Bonchev–Trinajstić information content (AvgIpc) is 4.35. The van der Waals surface area contributed by atoms with E-state index >= 15 is 0 Å². The number of likely N-dealkylation sites (tertiary alicyclic amines) is 2. The van der Waals surface area contributed by atoms with E-state index < -0.39 is 114 Å². The second-order valence-electron chi connectivity index (χ2n) is 23.0. The van der Waals surface area contributed by atoms with Crippen LogP contribution in [-0.2, 0) is 56.0 Å². The number of rotatable bonds is 28. The van der Waals surface area contributed by atoms with Crippen molar-refractivity contribution in [3.05, 3.63) is 71.9 Å². The highest BCUT2D eigenvalue weighted by atomic mass is 16.4. The molecular formula is C59H88N10O10. The number of H-pyrrole nitrogens is 1. The number of nitrogens with two attached hydrogens (primary N) is 1. The summed E-state index contributed by atoms with van der Waals surface area (Å²) in [5.74, 6) is -6.73. The van der Waals surface area contributed by atoms with Crippen molar-refractivity contribution in [3.63, 3.8) is 0 Å². The van der Waals surface area contributed by atoms with E-state index in [4.69, 9.17) is 5.73 Å². The molecule has 10 N–H and O–H groups in total. The monoisotopic (exact) mass is 1100 g/mol. The molecule has 8 amide bonds. The van der Waals surface area contributed by atoms with Gasteiger partial charge in [-0.3, -0.25) is 38.4 Å². The van der Waals surface area contributed by atoms with Gasteiger partial charge < -0.3 is 57.5 Å². The van der Waals surface area contributed by atoms with Crippen molar-refractivity contribution in [1.82, 2.24) is 46.7 Å². The molecule has 3 aromatic rings. The van der Waals surface area contributed by atoms with E-state index in [1.807, 2.05) is 85.7 Å². The van der Waals surface area contributed by atoms with Gasteiger partial charge in [0.2, 0.25) is 47.3 Å². The molecule has 0 saturated carbocycles. The summed E-state index contributed by atoms with van der Waals surface area (Å²) in [6.45, 7) is 19.0. The minimum Gasteiger partial charge on any atom is -0.480 e. The summed E-state index contributed by atoms with van der Waals surface area (Å²) in [6.07, 6.45) is 4.88. The first-order valence-electron chi connectivity index (χ1n) is 28.5. The molecule has 0 aliphatic carbocycles. The van der Waals surface area contributed by atoms with Crippen LogP contribution in [0.15, 0.2) is 60.8 Å². The molecule has 11 atom stereocenters. The fourth-order valence-electron chi connectivity index (χ4n) is 10.5. The zero-order chi connectivity index (χ0) is 58.2. The fourth-order valence-corrected chi connectivity index (χ4v) is 10.5. The molecule has 434 valence electrons. The Morgan fingerprint density at radius 2 is 1.13 bits per heavy atom. The largest absolute Gasteiger partial charge is 0.480 e. The Balaban J connectivity index is 1.35. The first-order chi connectivity index (χ1) is 37.4. The molecule has 79 heavy (non-hydrogen) atoms. The topological polar surface area (TPSA) is 294 Å². The van der Waals surface area contributed by atoms with Crippen LogP contribution in [0.4, 0.5) is 0 Å². The number of nitrogens with one attached hydrogen (secondary N) is 7. The zero-order valence-electron chi connectivity index (χ0n) is 47.9. The van der Waals surface area contributed by atoms with Gasteiger partial charge in [-0.15, -0.1) is 0 Å². The minimum atomic E-state index is -1.27. The maximum atomic E-state index is 14.8. The number of aromatic nitrogens is 1. The Labute approximate surface area is 465 Å². The molecule has 1 aromatic heterocycles. The SMILES string of the molecule is CC[C@H](C)[C@H](N)C(=O)N[C@H](C(=O)N[C@@H](CC(C)C)C(=O)N[C@H](C(=O)N1CCC[C@H]1C(=O)N1CCC[C@H]1C(=O)N[C@@H](Cc1c[nH]c2ccccc12)C(=O)N[C@@H](Cc1ccccc1)C(=O)N[C@@H](CC(C)C)C(=O)O)C(C)C)[C@@H](C)CC. The first kappa shape index (κ1) is 63.0. The predicted molar refractivity (Wildman–Crippen MR) is 301 cm³/mol. The maximum absolute atomic E-state index is 14.8. The normalized spacial score (nSPS) is 18.9. The number of aliphatic carboxylic acids is 1. The number of benzene rings is 2. The van der Waals surface area contributed by atoms with Gasteiger partial charge in [0.15, 0.2) is 0 Å². The summed E-state index contributed by atoms with van der Waals surface area (Å²) in [5, 5.41) is 27.8. The number of para-hydroxylation sites is 1. The summed E-state index contributed by atoms with van der Waals surface area (Å²) in [7, 11) is 0. The predicted octanol–water partition coefficient (Wildman–Crippen LogP) is 4.10. The van der Waals surface area contributed by atoms with Crippen molar-refractivity contribution in [2.75, 3.05) is 13.1 Å². The fraction of sp³-hybridized carbons (Fsp3) is 0.610. The lowest BCUT2D eigenvalue weighted by Crippen LogP contribution is -2.61. The number of hydrogen-bond donors (Lipinski definition) is 9. The Morgan fingerprint density at radius 3 is 1.73 bits per heavy atom. The summed E-state index contributed by atoms with van der Waals surface area (Å²) < 4.78 is 0. The molecular weight excluding hydrogens is 1010 g/mol. The molecule has 2 fully saturated rings. The van der Waals surface area contributed by atoms with Gasteiger partial charge in [0.1, 0.15) is 48.3 Å². The molecule has 2 aliphatic rings. The van der Waals surface area contributed by atoms with E-state index in [1.165, 1.54) is 9.80 Å². The van der Waals surface area contributed by atoms with Gasteiger partial charge >= 0.3 is 5.97 Å². The van der Waals surface area contributed by atoms with E-state index in [0.717, 1.165) is 10.9 Å². The van der Waals surface area contributed by atoms with Crippen molar-refractivity contribution >= 4 is 64.1 Å². The van der Waals surface area contributed by atoms with E-state index in [2.05, 4.69) is 36.9 Å². The van der Waals surface area contributed by atoms with Gasteiger partial charge in [-0.1, -0.05) is 131 Å². The number of carboxylic acid groups (broad SMARTS) is 1. The number of hydrogen-bond acceptors (Lipinski definition) is 10. The summed E-state index contributed by atoms with van der Waals surface area (Å²) in [5.41, 5.74) is 8.43. The lowest BCUT2D eigenvalue weighted by Gasteiger charge is -2.35. The van der Waals surface area contributed by atoms with Gasteiger partial charge in [-0.2, -0.15) is 0 Å². The number of fused-ring (bicyclic) bond motifs is 1. The van der Waals surface area contributed by atoms with Gasteiger partial charge in [0.05, 0.1) is 6.04 Å². The van der Waals surface area contributed by atoms with Crippen LogP contribution in [0.25, 0.3) is 10.9 Å². The number of aromatic amines is 1. The van der Waals surface area contributed by atoms with Crippen molar-refractivity contribution in [1.29, 1.82) is 0 Å². The highest BCUT2D eigenvalue weighted by Crippen LogP contribution is 2.28. The molecule has 0 radical (unpaired) electrons. The second kappa shape index (κ2) is 29.4. The van der Waals surface area contributed by atoms with E-state index in [1.54, 1.807) is 44.3 Å². The van der Waals surface area contributed by atoms with E-state index in [9.17, 15) is 48.3 Å². The number of nitrogens with zero attached hydrogens (tertiary/aromatic N) is 2. The molecule has 3 heterocycles. The highest BCUT2D eigenvalue weighted by Gasteiger charge is 2.45. The molecule has 0 spiro atoms. The van der Waals surface area contributed by atoms with Crippen molar-refractivity contribution in [3.8, 4) is 0 Å². The Morgan fingerprint density at radius 1 is 0.595 bits per heavy atom. The lowest BCUT2D eigenvalue weighted by atomic mass is 9.94. The molecule has 0 bridgehead atoms. The summed E-state index contributed by atoms with van der Waals surface area (Å²) in [4.78, 5) is 133. The number of amides is 8. The molecule has 2 aromatic carbocycles. The molecule has 20 nitrogen and oxygen atoms in total. The quantitative estimate of drug-likeness (QED) is 0.0499. The standard InChI is InChI=1S/C59H88N10O10/c1-11-36(9)48(60)55(74)67-50(37(10)12-2)56(75)64-42(28-33(3)4)53(72)66-49(35(7)8)58(77)69-27-19-25-47(69)57(76)68-26-18-24-46(68)54(73)63-44(31-39-32-61-41-23-17-16-22-40(39)41)52(71)62-43(30-38-20-14-13-15-21-38)51(70)65-45(59(78)79)29-34(5)6/h13-17,20-23,32-37,42-50,61H,11-12,18-19,24-31,60H2,1-10H3,(H,62,71)(H,63,73)(H,64,75)(H,65,70)(H,66,72)(H,67,74)(H,78,79)/t36-,37-,42-,43-,44-,45-,46-,47-,48-,49-,50-/m0/s1. The molecule has 2 aliphatic heterocycles. The smallest absolute Gasteiger partial charge is 0.326 e. The Kier molecular flexibility index (Phi) is 23.5. The third kappa shape index (κ3) is 17.1. The van der Waals surface area contributed by atoms with Crippen molar-refractivity contribution in [2.45, 2.75) is 188 Å². The van der Waals surface area contributed by atoms with Crippen molar-refractivity contribution in [2.24, 2.45) is 35.3 Å². The Hall–Kier alpha value is -6.83. The number of carbonyl (C=O) groups is 9. The second-order valence-corrected chi connectivity index (χ2v) is 23.0.